The van der Waals surface area contributed by atoms with Crippen LogP contribution in [0.3, 0.4) is 0 Å². The first-order chi connectivity index (χ1) is 15.5. The van der Waals surface area contributed by atoms with Gasteiger partial charge in [-0.1, -0.05) is 0 Å². The molecular weight excluding hydrogens is 428 g/mol. The second-order valence-electron chi connectivity index (χ2n) is 8.95. The lowest BCUT2D eigenvalue weighted by Crippen LogP contribution is -2.28. The minimum atomic E-state index is -0.427. The second kappa shape index (κ2) is 8.69. The molecule has 0 bridgehead atoms. The Bertz CT molecular complexity index is 1050. The first-order valence-electron chi connectivity index (χ1n) is 11.5. The Morgan fingerprint density at radius 3 is 2.75 bits per heavy atom. The molecule has 2 saturated carbocycles. The fraction of sp³-hybridized carbons (Fsp3) is 0.565. The molecule has 3 aliphatic rings. The van der Waals surface area contributed by atoms with Crippen LogP contribution in [0.1, 0.15) is 76.4 Å². The summed E-state index contributed by atoms with van der Waals surface area (Å²) in [6.07, 6.45) is 9.93. The van der Waals surface area contributed by atoms with Crippen LogP contribution in [-0.2, 0) is 22.4 Å². The fourth-order valence-corrected chi connectivity index (χ4v) is 5.45. The number of thiophene rings is 1. The molecule has 9 heteroatoms. The Labute approximate surface area is 190 Å². The maximum Gasteiger partial charge on any atom is 0.358 e. The maximum atomic E-state index is 13.2. The van der Waals surface area contributed by atoms with Crippen molar-refractivity contribution in [2.24, 2.45) is 11.8 Å². The lowest BCUT2D eigenvalue weighted by atomic mass is 9.91. The van der Waals surface area contributed by atoms with E-state index in [2.05, 4.69) is 15.6 Å². The highest BCUT2D eigenvalue weighted by atomic mass is 32.1. The second-order valence-corrected chi connectivity index (χ2v) is 10.1. The number of hydrogen-bond donors (Lipinski definition) is 2. The van der Waals surface area contributed by atoms with E-state index in [0.717, 1.165) is 36.1 Å². The average molecular weight is 457 g/mol. The first-order valence-corrected chi connectivity index (χ1v) is 12.3. The Kier molecular flexibility index (Phi) is 5.75. The van der Waals surface area contributed by atoms with Gasteiger partial charge in [0.2, 0.25) is 5.91 Å². The zero-order valence-corrected chi connectivity index (χ0v) is 19.0. The number of esters is 1. The summed E-state index contributed by atoms with van der Waals surface area (Å²) in [5, 5.41) is 6.80. The van der Waals surface area contributed by atoms with Crippen LogP contribution in [0, 0.1) is 11.8 Å². The number of ether oxygens (including phenoxy) is 1. The van der Waals surface area contributed by atoms with Gasteiger partial charge in [0.1, 0.15) is 5.00 Å². The molecule has 5 rings (SSSR count). The third kappa shape index (κ3) is 4.44. The van der Waals surface area contributed by atoms with Crippen LogP contribution >= 0.6 is 11.3 Å². The molecule has 0 radical (unpaired) electrons. The van der Waals surface area contributed by atoms with Crippen molar-refractivity contribution in [2.75, 3.05) is 18.5 Å². The number of fused-ring (bicyclic) bond motifs is 1. The average Bonchev–Trinajstić information content (AvgIpc) is 3.71. The van der Waals surface area contributed by atoms with Crippen LogP contribution in [-0.4, -0.2) is 40.5 Å². The smallest absolute Gasteiger partial charge is 0.358 e. The number of nitrogens with zero attached hydrogens (tertiary/aromatic N) is 2. The number of amides is 2. The van der Waals surface area contributed by atoms with Crippen LogP contribution in [0.15, 0.2) is 12.5 Å². The first kappa shape index (κ1) is 21.2. The van der Waals surface area contributed by atoms with E-state index in [1.54, 1.807) is 19.4 Å². The molecule has 0 aliphatic heterocycles. The van der Waals surface area contributed by atoms with Crippen LogP contribution in [0.2, 0.25) is 0 Å². The van der Waals surface area contributed by atoms with Gasteiger partial charge in [0.25, 0.3) is 5.91 Å². The molecule has 2 N–H and O–H groups in total. The largest absolute Gasteiger partial charge is 0.461 e. The number of carbonyl (C=O) groups excluding carboxylic acids is 3. The Morgan fingerprint density at radius 1 is 1.22 bits per heavy atom. The summed E-state index contributed by atoms with van der Waals surface area (Å²) in [5.41, 5.74) is 1.93. The van der Waals surface area contributed by atoms with E-state index in [4.69, 9.17) is 4.74 Å². The Balaban J connectivity index is 1.39. The van der Waals surface area contributed by atoms with Gasteiger partial charge in [-0.05, 0) is 63.4 Å². The van der Waals surface area contributed by atoms with Gasteiger partial charge in [0.05, 0.1) is 18.5 Å². The number of carbonyl (C=O) groups is 3. The molecule has 2 aromatic rings. The molecular formula is C23H28N4O4S. The van der Waals surface area contributed by atoms with Gasteiger partial charge in [-0.25, -0.2) is 9.78 Å². The van der Waals surface area contributed by atoms with Gasteiger partial charge in [0, 0.05) is 29.6 Å². The molecule has 2 aromatic heterocycles. The molecule has 170 valence electrons. The quantitative estimate of drug-likeness (QED) is 0.593. The van der Waals surface area contributed by atoms with Crippen molar-refractivity contribution in [1.82, 2.24) is 14.9 Å². The third-order valence-corrected chi connectivity index (χ3v) is 7.61. The minimum Gasteiger partial charge on any atom is -0.461 e. The minimum absolute atomic E-state index is 0.0186. The van der Waals surface area contributed by atoms with Crippen molar-refractivity contribution >= 4 is 34.1 Å². The topological polar surface area (TPSA) is 102 Å². The molecule has 0 unspecified atom stereocenters. The molecule has 2 amide bonds. The maximum absolute atomic E-state index is 13.2. The molecule has 32 heavy (non-hydrogen) atoms. The van der Waals surface area contributed by atoms with E-state index in [9.17, 15) is 14.4 Å². The highest BCUT2D eigenvalue weighted by Crippen LogP contribution is 2.42. The lowest BCUT2D eigenvalue weighted by molar-refractivity contribution is -0.117. The summed E-state index contributed by atoms with van der Waals surface area (Å²) < 4.78 is 6.99. The van der Waals surface area contributed by atoms with Crippen LogP contribution < -0.4 is 10.6 Å². The summed E-state index contributed by atoms with van der Waals surface area (Å²) in [4.78, 5) is 43.0. The van der Waals surface area contributed by atoms with Crippen molar-refractivity contribution in [3.05, 3.63) is 34.2 Å². The van der Waals surface area contributed by atoms with Gasteiger partial charge in [-0.15, -0.1) is 11.3 Å². The number of anilines is 1. The lowest BCUT2D eigenvalue weighted by Gasteiger charge is -2.24. The van der Waals surface area contributed by atoms with Crippen molar-refractivity contribution in [3.8, 4) is 0 Å². The highest BCUT2D eigenvalue weighted by molar-refractivity contribution is 7.17. The van der Waals surface area contributed by atoms with Crippen LogP contribution in [0.25, 0.3) is 0 Å². The van der Waals surface area contributed by atoms with Gasteiger partial charge in [-0.3, -0.25) is 9.59 Å². The Morgan fingerprint density at radius 2 is 2.03 bits per heavy atom. The summed E-state index contributed by atoms with van der Waals surface area (Å²) in [6.45, 7) is 2.76. The zero-order chi connectivity index (χ0) is 22.2. The zero-order valence-electron chi connectivity index (χ0n) is 18.2. The fourth-order valence-electron chi connectivity index (χ4n) is 4.20. The standard InChI is InChI=1S/C23H28N4O4S/c1-2-31-23(30)17-11-27(12-25-17)15-7-8-18-16(9-15)19(21(29)24-10-13-3-4-13)22(32-18)26-20(28)14-5-6-14/h11-15H,2-10H2,1H3,(H,24,29)(H,26,28)/t15-/m0/s1. The van der Waals surface area contributed by atoms with Crippen LogP contribution in [0.5, 0.6) is 0 Å². The predicted octanol–water partition coefficient (Wildman–Crippen LogP) is 3.34. The van der Waals surface area contributed by atoms with E-state index >= 15 is 0 Å². The molecule has 0 saturated heterocycles. The number of hydrogen-bond acceptors (Lipinski definition) is 6. The van der Waals surface area contributed by atoms with E-state index in [0.29, 0.717) is 41.7 Å². The number of aromatic nitrogens is 2. The molecule has 1 atom stereocenters. The molecule has 2 heterocycles. The van der Waals surface area contributed by atoms with Gasteiger partial charge >= 0.3 is 5.97 Å². The van der Waals surface area contributed by atoms with E-state index in [-0.39, 0.29) is 23.8 Å². The SMILES string of the molecule is CCOC(=O)c1cn([C@H]2CCc3sc(NC(=O)C4CC4)c(C(=O)NCC4CC4)c3C2)cn1. The number of rotatable bonds is 8. The van der Waals surface area contributed by atoms with E-state index in [1.807, 2.05) is 4.57 Å². The Hall–Kier alpha value is -2.68. The normalized spacial score (nSPS) is 19.8. The van der Waals surface area contributed by atoms with Crippen molar-refractivity contribution in [1.29, 1.82) is 0 Å². The summed E-state index contributed by atoms with van der Waals surface area (Å²) in [5.74, 6) is 0.155. The highest BCUT2D eigenvalue weighted by Gasteiger charge is 2.34. The monoisotopic (exact) mass is 456 g/mol. The van der Waals surface area contributed by atoms with Crippen molar-refractivity contribution < 1.29 is 19.1 Å². The summed E-state index contributed by atoms with van der Waals surface area (Å²) >= 11 is 1.54. The summed E-state index contributed by atoms with van der Waals surface area (Å²) in [7, 11) is 0. The predicted molar refractivity (Wildman–Crippen MR) is 120 cm³/mol. The number of imidazole rings is 1. The molecule has 0 spiro atoms. The van der Waals surface area contributed by atoms with Gasteiger partial charge in [-0.2, -0.15) is 0 Å². The van der Waals surface area contributed by atoms with Gasteiger partial charge < -0.3 is 19.9 Å². The molecule has 2 fully saturated rings. The van der Waals surface area contributed by atoms with Crippen molar-refractivity contribution in [2.45, 2.75) is 57.9 Å². The summed E-state index contributed by atoms with van der Waals surface area (Å²) in [6, 6.07) is 0.0924. The molecule has 8 nitrogen and oxygen atoms in total. The van der Waals surface area contributed by atoms with E-state index in [1.165, 1.54) is 24.2 Å². The third-order valence-electron chi connectivity index (χ3n) is 6.40. The molecule has 3 aliphatic carbocycles. The number of aryl methyl sites for hydroxylation is 1. The molecule has 0 aromatic carbocycles. The van der Waals surface area contributed by atoms with Crippen molar-refractivity contribution in [3.63, 3.8) is 0 Å². The van der Waals surface area contributed by atoms with Crippen LogP contribution in [0.4, 0.5) is 5.00 Å². The van der Waals surface area contributed by atoms with E-state index < -0.39 is 5.97 Å². The van der Waals surface area contributed by atoms with Gasteiger partial charge in [0.15, 0.2) is 5.69 Å². The number of nitrogens with one attached hydrogen (secondary N) is 2.